The van der Waals surface area contributed by atoms with Gasteiger partial charge in [0.15, 0.2) is 6.10 Å². The van der Waals surface area contributed by atoms with Gasteiger partial charge < -0.3 is 15.2 Å². The number of aliphatic carboxylic acids is 1. The lowest BCUT2D eigenvalue weighted by Crippen LogP contribution is -2.44. The second-order valence-electron chi connectivity index (χ2n) is 5.51. The molecule has 1 rings (SSSR count). The molecule has 0 aromatic heterocycles. The number of carboxylic acid groups (broad SMARTS) is 1. The standard InChI is InChI=1S/C16H23NO4/c1-5-16(4,15(19)20)10-17-14(18)12(3)21-13-8-6-11(2)7-9-13/h6-9,12H,5,10H2,1-4H3,(H,17,18)(H,19,20). The van der Waals surface area contributed by atoms with Gasteiger partial charge in [-0.15, -0.1) is 0 Å². The van der Waals surface area contributed by atoms with Gasteiger partial charge in [-0.3, -0.25) is 9.59 Å². The molecule has 5 nitrogen and oxygen atoms in total. The van der Waals surface area contributed by atoms with Crippen molar-refractivity contribution in [3.05, 3.63) is 29.8 Å². The Kier molecular flexibility index (Phi) is 5.76. The first-order chi connectivity index (χ1) is 9.78. The zero-order chi connectivity index (χ0) is 16.0. The van der Waals surface area contributed by atoms with Crippen LogP contribution in [0.4, 0.5) is 0 Å². The summed E-state index contributed by atoms with van der Waals surface area (Å²) in [5, 5.41) is 11.8. The normalized spacial score (nSPS) is 14.9. The van der Waals surface area contributed by atoms with Crippen LogP contribution in [0.15, 0.2) is 24.3 Å². The van der Waals surface area contributed by atoms with Crippen molar-refractivity contribution in [3.8, 4) is 5.75 Å². The lowest BCUT2D eigenvalue weighted by Gasteiger charge is -2.24. The first-order valence-corrected chi connectivity index (χ1v) is 7.03. The second-order valence-corrected chi connectivity index (χ2v) is 5.51. The second kappa shape index (κ2) is 7.11. The molecule has 0 aliphatic rings. The fourth-order valence-electron chi connectivity index (χ4n) is 1.65. The van der Waals surface area contributed by atoms with Crippen molar-refractivity contribution in [2.75, 3.05) is 6.54 Å². The van der Waals surface area contributed by atoms with Crippen LogP contribution in [0.2, 0.25) is 0 Å². The minimum Gasteiger partial charge on any atom is -0.481 e. The van der Waals surface area contributed by atoms with Crippen LogP contribution in [-0.2, 0) is 9.59 Å². The number of aryl methyl sites for hydroxylation is 1. The minimum absolute atomic E-state index is 0.0826. The van der Waals surface area contributed by atoms with Crippen LogP contribution in [-0.4, -0.2) is 29.6 Å². The summed E-state index contributed by atoms with van der Waals surface area (Å²) in [6.07, 6.45) is -0.238. The molecule has 1 aromatic rings. The number of carboxylic acids is 1. The Balaban J connectivity index is 2.55. The number of rotatable bonds is 7. The van der Waals surface area contributed by atoms with Gasteiger partial charge >= 0.3 is 5.97 Å². The monoisotopic (exact) mass is 293 g/mol. The van der Waals surface area contributed by atoms with Crippen molar-refractivity contribution in [3.63, 3.8) is 0 Å². The Labute approximate surface area is 125 Å². The van der Waals surface area contributed by atoms with E-state index >= 15 is 0 Å². The summed E-state index contributed by atoms with van der Waals surface area (Å²) in [7, 11) is 0. The average molecular weight is 293 g/mol. The van der Waals surface area contributed by atoms with E-state index in [-0.39, 0.29) is 12.5 Å². The summed E-state index contributed by atoms with van der Waals surface area (Å²) in [4.78, 5) is 23.1. The molecule has 2 atom stereocenters. The summed E-state index contributed by atoms with van der Waals surface area (Å²) in [6, 6.07) is 7.40. The van der Waals surface area contributed by atoms with Crippen LogP contribution in [0.3, 0.4) is 0 Å². The molecule has 116 valence electrons. The number of amides is 1. The van der Waals surface area contributed by atoms with E-state index in [1.807, 2.05) is 19.1 Å². The van der Waals surface area contributed by atoms with Crippen molar-refractivity contribution < 1.29 is 19.4 Å². The first kappa shape index (κ1) is 17.0. The number of hydrogen-bond acceptors (Lipinski definition) is 3. The molecule has 0 bridgehead atoms. The van der Waals surface area contributed by atoms with Gasteiger partial charge in [0, 0.05) is 6.54 Å². The molecule has 1 amide bonds. The highest BCUT2D eigenvalue weighted by Crippen LogP contribution is 2.20. The van der Waals surface area contributed by atoms with Crippen LogP contribution >= 0.6 is 0 Å². The lowest BCUT2D eigenvalue weighted by molar-refractivity contribution is -0.148. The smallest absolute Gasteiger partial charge is 0.311 e. The molecule has 5 heteroatoms. The van der Waals surface area contributed by atoms with Crippen molar-refractivity contribution in [1.82, 2.24) is 5.32 Å². The minimum atomic E-state index is -0.959. The quantitative estimate of drug-likeness (QED) is 0.809. The van der Waals surface area contributed by atoms with Gasteiger partial charge in [0.25, 0.3) is 5.91 Å². The van der Waals surface area contributed by atoms with E-state index in [4.69, 9.17) is 9.84 Å². The van der Waals surface area contributed by atoms with Crippen molar-refractivity contribution in [2.24, 2.45) is 5.41 Å². The molecule has 2 unspecified atom stereocenters. The largest absolute Gasteiger partial charge is 0.481 e. The Bertz CT molecular complexity index is 498. The molecule has 2 N–H and O–H groups in total. The van der Waals surface area contributed by atoms with Gasteiger partial charge in [-0.05, 0) is 39.3 Å². The predicted octanol–water partition coefficient (Wildman–Crippen LogP) is 2.38. The Morgan fingerprint density at radius 2 is 1.90 bits per heavy atom. The number of nitrogens with one attached hydrogen (secondary N) is 1. The third kappa shape index (κ3) is 4.77. The number of ether oxygens (including phenoxy) is 1. The molecular weight excluding hydrogens is 270 g/mol. The van der Waals surface area contributed by atoms with Crippen molar-refractivity contribution in [1.29, 1.82) is 0 Å². The summed E-state index contributed by atoms with van der Waals surface area (Å²) >= 11 is 0. The maximum Gasteiger partial charge on any atom is 0.311 e. The molecule has 21 heavy (non-hydrogen) atoms. The van der Waals surface area contributed by atoms with Gasteiger partial charge in [-0.1, -0.05) is 24.6 Å². The molecule has 0 aliphatic carbocycles. The lowest BCUT2D eigenvalue weighted by atomic mass is 9.87. The number of hydrogen-bond donors (Lipinski definition) is 2. The molecule has 0 saturated heterocycles. The van der Waals surface area contributed by atoms with Gasteiger partial charge in [0.1, 0.15) is 5.75 Å². The Morgan fingerprint density at radius 1 is 1.33 bits per heavy atom. The Morgan fingerprint density at radius 3 is 2.38 bits per heavy atom. The zero-order valence-electron chi connectivity index (χ0n) is 13.0. The van der Waals surface area contributed by atoms with Gasteiger partial charge in [-0.2, -0.15) is 0 Å². The van der Waals surface area contributed by atoms with Gasteiger partial charge in [-0.25, -0.2) is 0 Å². The number of carbonyl (C=O) groups is 2. The SMILES string of the molecule is CCC(C)(CNC(=O)C(C)Oc1ccc(C)cc1)C(=O)O. The molecular formula is C16H23NO4. The van der Waals surface area contributed by atoms with Crippen molar-refractivity contribution in [2.45, 2.75) is 40.2 Å². The summed E-state index contributed by atoms with van der Waals surface area (Å²) in [6.45, 7) is 7.09. The van der Waals surface area contributed by atoms with E-state index in [0.717, 1.165) is 5.56 Å². The Hall–Kier alpha value is -2.04. The summed E-state index contributed by atoms with van der Waals surface area (Å²) in [5.74, 6) is -0.631. The van der Waals surface area contributed by atoms with Crippen LogP contribution < -0.4 is 10.1 Å². The van der Waals surface area contributed by atoms with E-state index in [2.05, 4.69) is 5.32 Å². The molecule has 0 heterocycles. The topological polar surface area (TPSA) is 75.6 Å². The average Bonchev–Trinajstić information content (AvgIpc) is 2.46. The van der Waals surface area contributed by atoms with Gasteiger partial charge in [0.2, 0.25) is 0 Å². The number of benzene rings is 1. The molecule has 0 saturated carbocycles. The third-order valence-corrected chi connectivity index (χ3v) is 3.65. The van der Waals surface area contributed by atoms with E-state index in [1.54, 1.807) is 32.9 Å². The predicted molar refractivity (Wildman–Crippen MR) is 80.3 cm³/mol. The molecule has 0 spiro atoms. The summed E-state index contributed by atoms with van der Waals surface area (Å²) in [5.41, 5.74) is 0.152. The first-order valence-electron chi connectivity index (χ1n) is 7.03. The molecule has 0 radical (unpaired) electrons. The van der Waals surface area contributed by atoms with E-state index in [0.29, 0.717) is 12.2 Å². The van der Waals surface area contributed by atoms with E-state index < -0.39 is 17.5 Å². The highest BCUT2D eigenvalue weighted by molar-refractivity contribution is 5.82. The molecule has 1 aromatic carbocycles. The fraction of sp³-hybridized carbons (Fsp3) is 0.500. The van der Waals surface area contributed by atoms with Gasteiger partial charge in [0.05, 0.1) is 5.41 Å². The highest BCUT2D eigenvalue weighted by Gasteiger charge is 2.32. The van der Waals surface area contributed by atoms with Crippen LogP contribution in [0.1, 0.15) is 32.8 Å². The van der Waals surface area contributed by atoms with E-state index in [9.17, 15) is 9.59 Å². The fourth-order valence-corrected chi connectivity index (χ4v) is 1.65. The van der Waals surface area contributed by atoms with Crippen LogP contribution in [0, 0.1) is 12.3 Å². The zero-order valence-corrected chi connectivity index (χ0v) is 13.0. The van der Waals surface area contributed by atoms with Crippen LogP contribution in [0.5, 0.6) is 5.75 Å². The molecule has 0 aliphatic heterocycles. The third-order valence-electron chi connectivity index (χ3n) is 3.65. The summed E-state index contributed by atoms with van der Waals surface area (Å²) < 4.78 is 5.53. The molecule has 0 fully saturated rings. The van der Waals surface area contributed by atoms with E-state index in [1.165, 1.54) is 0 Å². The maximum absolute atomic E-state index is 12.0. The maximum atomic E-state index is 12.0. The number of carbonyl (C=O) groups excluding carboxylic acids is 1. The van der Waals surface area contributed by atoms with Crippen molar-refractivity contribution >= 4 is 11.9 Å². The van der Waals surface area contributed by atoms with Crippen LogP contribution in [0.25, 0.3) is 0 Å². The highest BCUT2D eigenvalue weighted by atomic mass is 16.5.